The summed E-state index contributed by atoms with van der Waals surface area (Å²) in [5, 5.41) is 0. The molecule has 0 aromatic heterocycles. The van der Waals surface area contributed by atoms with Gasteiger partial charge in [-0.15, -0.1) is 0 Å². The van der Waals surface area contributed by atoms with E-state index in [9.17, 15) is 0 Å². The molecular formula is C14H32O3Si. The maximum atomic E-state index is 6.09. The zero-order valence-electron chi connectivity index (χ0n) is 13.0. The monoisotopic (exact) mass is 276 g/mol. The third-order valence-electron chi connectivity index (χ3n) is 2.85. The highest BCUT2D eigenvalue weighted by atomic mass is 28.4. The second-order valence-electron chi connectivity index (χ2n) is 4.84. The maximum Gasteiger partial charge on any atom is 0.503 e. The van der Waals surface area contributed by atoms with E-state index in [1.165, 1.54) is 0 Å². The van der Waals surface area contributed by atoms with Gasteiger partial charge in [-0.05, 0) is 25.7 Å². The van der Waals surface area contributed by atoms with Crippen LogP contribution in [-0.2, 0) is 13.3 Å². The van der Waals surface area contributed by atoms with Crippen molar-refractivity contribution in [3.05, 3.63) is 0 Å². The first kappa shape index (κ1) is 18.1. The third kappa shape index (κ3) is 6.32. The molecule has 1 unspecified atom stereocenters. The van der Waals surface area contributed by atoms with Crippen LogP contribution in [0.5, 0.6) is 0 Å². The zero-order chi connectivity index (χ0) is 13.9. The highest BCUT2D eigenvalue weighted by Gasteiger charge is 2.46. The fraction of sp³-hybridized carbons (Fsp3) is 1.00. The molecule has 0 bridgehead atoms. The van der Waals surface area contributed by atoms with Crippen LogP contribution < -0.4 is 0 Å². The van der Waals surface area contributed by atoms with Gasteiger partial charge in [0.1, 0.15) is 0 Å². The van der Waals surface area contributed by atoms with Crippen molar-refractivity contribution in [1.82, 2.24) is 0 Å². The molecule has 0 aliphatic carbocycles. The van der Waals surface area contributed by atoms with E-state index in [2.05, 4.69) is 34.6 Å². The van der Waals surface area contributed by atoms with Gasteiger partial charge in [-0.25, -0.2) is 0 Å². The Morgan fingerprint density at radius 2 is 1.11 bits per heavy atom. The topological polar surface area (TPSA) is 27.7 Å². The second kappa shape index (κ2) is 11.0. The molecule has 0 amide bonds. The van der Waals surface area contributed by atoms with E-state index in [1.807, 2.05) is 0 Å². The molecule has 4 heteroatoms. The van der Waals surface area contributed by atoms with Gasteiger partial charge in [0.05, 0.1) is 0 Å². The lowest BCUT2D eigenvalue weighted by Crippen LogP contribution is -2.50. The average molecular weight is 276 g/mol. The molecule has 110 valence electrons. The molecule has 0 saturated carbocycles. The Morgan fingerprint density at radius 3 is 1.39 bits per heavy atom. The summed E-state index contributed by atoms with van der Waals surface area (Å²) >= 11 is 0. The Kier molecular flexibility index (Phi) is 11.0. The van der Waals surface area contributed by atoms with E-state index in [1.54, 1.807) is 0 Å². The minimum Gasteiger partial charge on any atom is -0.373 e. The fourth-order valence-corrected chi connectivity index (χ4v) is 5.11. The minimum absolute atomic E-state index is 0.396. The summed E-state index contributed by atoms with van der Waals surface area (Å²) in [4.78, 5) is 0. The lowest BCUT2D eigenvalue weighted by molar-refractivity contribution is 0.0499. The van der Waals surface area contributed by atoms with Gasteiger partial charge in [-0.1, -0.05) is 41.0 Å². The standard InChI is InChI=1S/C14H32O3Si/c1-6-10-14(5)18(15-11-7-2,16-12-8-3)17-13-9-4/h14H,6-13H2,1-5H3. The van der Waals surface area contributed by atoms with Gasteiger partial charge in [0.2, 0.25) is 0 Å². The predicted molar refractivity (Wildman–Crippen MR) is 78.8 cm³/mol. The van der Waals surface area contributed by atoms with Gasteiger partial charge in [0, 0.05) is 25.4 Å². The van der Waals surface area contributed by atoms with Crippen molar-refractivity contribution in [3.8, 4) is 0 Å². The Balaban J connectivity index is 4.72. The summed E-state index contributed by atoms with van der Waals surface area (Å²) in [7, 11) is -2.48. The van der Waals surface area contributed by atoms with Crippen LogP contribution in [-0.4, -0.2) is 28.6 Å². The smallest absolute Gasteiger partial charge is 0.373 e. The maximum absolute atomic E-state index is 6.09. The molecule has 0 spiro atoms. The third-order valence-corrected chi connectivity index (χ3v) is 6.16. The second-order valence-corrected chi connectivity index (χ2v) is 7.90. The highest BCUT2D eigenvalue weighted by Crippen LogP contribution is 2.30. The van der Waals surface area contributed by atoms with Crippen molar-refractivity contribution >= 4 is 8.80 Å². The van der Waals surface area contributed by atoms with Crippen LogP contribution in [0.3, 0.4) is 0 Å². The molecule has 3 nitrogen and oxygen atoms in total. The lowest BCUT2D eigenvalue weighted by atomic mass is 10.3. The zero-order valence-corrected chi connectivity index (χ0v) is 14.0. The molecule has 0 rings (SSSR count). The van der Waals surface area contributed by atoms with E-state index in [-0.39, 0.29) is 0 Å². The van der Waals surface area contributed by atoms with Crippen LogP contribution in [0, 0.1) is 0 Å². The fourth-order valence-electron chi connectivity index (χ4n) is 1.89. The normalized spacial score (nSPS) is 13.8. The first-order valence-electron chi connectivity index (χ1n) is 7.58. The van der Waals surface area contributed by atoms with Crippen LogP contribution in [0.2, 0.25) is 5.54 Å². The highest BCUT2D eigenvalue weighted by molar-refractivity contribution is 6.62. The Bertz CT molecular complexity index is 166. The molecule has 0 saturated heterocycles. The van der Waals surface area contributed by atoms with Crippen molar-refractivity contribution < 1.29 is 13.3 Å². The van der Waals surface area contributed by atoms with E-state index < -0.39 is 8.80 Å². The summed E-state index contributed by atoms with van der Waals surface area (Å²) in [6.07, 6.45) is 5.30. The van der Waals surface area contributed by atoms with Crippen molar-refractivity contribution in [2.45, 2.75) is 72.3 Å². The first-order valence-corrected chi connectivity index (χ1v) is 9.38. The van der Waals surface area contributed by atoms with Gasteiger partial charge in [0.15, 0.2) is 0 Å². The van der Waals surface area contributed by atoms with Crippen molar-refractivity contribution in [1.29, 1.82) is 0 Å². The quantitative estimate of drug-likeness (QED) is 0.495. The van der Waals surface area contributed by atoms with Gasteiger partial charge < -0.3 is 13.3 Å². The van der Waals surface area contributed by atoms with Crippen LogP contribution in [0.1, 0.15) is 66.7 Å². The molecule has 0 heterocycles. The molecule has 0 aliphatic rings. The molecule has 0 aromatic rings. The molecule has 0 aliphatic heterocycles. The van der Waals surface area contributed by atoms with E-state index >= 15 is 0 Å². The van der Waals surface area contributed by atoms with E-state index in [0.717, 1.165) is 51.9 Å². The van der Waals surface area contributed by atoms with Gasteiger partial charge in [0.25, 0.3) is 0 Å². The van der Waals surface area contributed by atoms with Crippen molar-refractivity contribution in [2.24, 2.45) is 0 Å². The van der Waals surface area contributed by atoms with Crippen LogP contribution in [0.15, 0.2) is 0 Å². The molecule has 0 fully saturated rings. The lowest BCUT2D eigenvalue weighted by Gasteiger charge is -2.34. The average Bonchev–Trinajstić information content (AvgIpc) is 2.38. The van der Waals surface area contributed by atoms with E-state index in [4.69, 9.17) is 13.3 Å². The number of hydrogen-bond donors (Lipinski definition) is 0. The van der Waals surface area contributed by atoms with E-state index in [0.29, 0.717) is 5.54 Å². The Labute approximate surface area is 115 Å². The molecule has 1 atom stereocenters. The SMILES string of the molecule is CCCO[Si](OCCC)(OCCC)C(C)CCC. The number of rotatable bonds is 12. The minimum atomic E-state index is -2.48. The largest absolute Gasteiger partial charge is 0.503 e. The summed E-state index contributed by atoms with van der Waals surface area (Å²) in [5.74, 6) is 0. The first-order chi connectivity index (χ1) is 8.66. The molecule has 0 aromatic carbocycles. The summed E-state index contributed by atoms with van der Waals surface area (Å²) in [6.45, 7) is 13.0. The van der Waals surface area contributed by atoms with Crippen molar-refractivity contribution in [3.63, 3.8) is 0 Å². The van der Waals surface area contributed by atoms with Gasteiger partial charge in [-0.2, -0.15) is 0 Å². The summed E-state index contributed by atoms with van der Waals surface area (Å²) in [5.41, 5.74) is 0.396. The van der Waals surface area contributed by atoms with Crippen LogP contribution >= 0.6 is 0 Å². The number of hydrogen-bond acceptors (Lipinski definition) is 3. The molecular weight excluding hydrogens is 244 g/mol. The van der Waals surface area contributed by atoms with Crippen LogP contribution in [0.4, 0.5) is 0 Å². The molecule has 0 N–H and O–H groups in total. The molecule has 0 radical (unpaired) electrons. The Hall–Kier alpha value is 0.0969. The predicted octanol–water partition coefficient (Wildman–Crippen LogP) is 4.40. The summed E-state index contributed by atoms with van der Waals surface area (Å²) < 4.78 is 18.3. The molecule has 18 heavy (non-hydrogen) atoms. The van der Waals surface area contributed by atoms with Crippen LogP contribution in [0.25, 0.3) is 0 Å². The van der Waals surface area contributed by atoms with Crippen molar-refractivity contribution in [2.75, 3.05) is 19.8 Å². The summed E-state index contributed by atoms with van der Waals surface area (Å²) in [6, 6.07) is 0. The van der Waals surface area contributed by atoms with Gasteiger partial charge in [-0.3, -0.25) is 0 Å². The van der Waals surface area contributed by atoms with Gasteiger partial charge >= 0.3 is 8.80 Å². The Morgan fingerprint density at radius 1 is 0.722 bits per heavy atom.